The molecule has 0 aliphatic carbocycles. The van der Waals surface area contributed by atoms with Crippen LogP contribution in [0.3, 0.4) is 0 Å². The van der Waals surface area contributed by atoms with E-state index in [1.54, 1.807) is 12.3 Å². The van der Waals surface area contributed by atoms with Crippen molar-refractivity contribution in [2.75, 3.05) is 0 Å². The standard InChI is InChI=1S/C8H6FN.F2/c9-7-1-2-8-6(5-7)3-4-10-8;1-2/h1-5,10H;. The molecule has 12 heavy (non-hydrogen) atoms. The zero-order chi connectivity index (χ0) is 8.97. The number of halogens is 3. The highest BCUT2D eigenvalue weighted by Crippen LogP contribution is 2.12. The molecule has 1 heterocycles. The lowest BCUT2D eigenvalue weighted by molar-refractivity contribution is 0.108. The van der Waals surface area contributed by atoms with E-state index in [4.69, 9.17) is 9.15 Å². The first-order chi connectivity index (χ1) is 5.86. The van der Waals surface area contributed by atoms with Crippen molar-refractivity contribution in [3.8, 4) is 0 Å². The maximum atomic E-state index is 12.5. The molecule has 64 valence electrons. The summed E-state index contributed by atoms with van der Waals surface area (Å²) >= 11 is 0. The zero-order valence-corrected chi connectivity index (χ0v) is 6.02. The Hall–Kier alpha value is -1.45. The van der Waals surface area contributed by atoms with Gasteiger partial charge in [0.1, 0.15) is 5.82 Å². The molecule has 4 heteroatoms. The fraction of sp³-hybridized carbons (Fsp3) is 0. The lowest BCUT2D eigenvalue weighted by Crippen LogP contribution is -1.70. The third-order valence-corrected chi connectivity index (χ3v) is 1.52. The van der Waals surface area contributed by atoms with Gasteiger partial charge in [0.25, 0.3) is 0 Å². The minimum atomic E-state index is -0.188. The van der Waals surface area contributed by atoms with Crippen molar-refractivity contribution in [1.29, 1.82) is 0 Å². The topological polar surface area (TPSA) is 15.8 Å². The first-order valence-electron chi connectivity index (χ1n) is 3.23. The van der Waals surface area contributed by atoms with Crippen LogP contribution in [-0.2, 0) is 0 Å². The summed E-state index contributed by atoms with van der Waals surface area (Å²) in [6.45, 7) is 0. The molecule has 0 aliphatic rings. The summed E-state index contributed by atoms with van der Waals surface area (Å²) in [5, 5.41) is 0.917. The molecule has 1 aromatic heterocycles. The van der Waals surface area contributed by atoms with Crippen LogP contribution in [0, 0.1) is 5.82 Å². The third-order valence-electron chi connectivity index (χ3n) is 1.52. The molecule has 0 saturated heterocycles. The fourth-order valence-corrected chi connectivity index (χ4v) is 1.02. The summed E-state index contributed by atoms with van der Waals surface area (Å²) < 4.78 is 28.5. The SMILES string of the molecule is FF.Fc1ccc2[nH]ccc2c1. The molecule has 0 fully saturated rings. The Kier molecular flexibility index (Phi) is 2.74. The van der Waals surface area contributed by atoms with Crippen LogP contribution in [0.4, 0.5) is 13.5 Å². The van der Waals surface area contributed by atoms with Gasteiger partial charge in [-0.1, -0.05) is 0 Å². The van der Waals surface area contributed by atoms with E-state index in [2.05, 4.69) is 4.98 Å². The van der Waals surface area contributed by atoms with E-state index in [1.807, 2.05) is 6.07 Å². The Morgan fingerprint density at radius 2 is 1.83 bits per heavy atom. The summed E-state index contributed by atoms with van der Waals surface area (Å²) in [7, 11) is 0. The molecule has 0 radical (unpaired) electrons. The van der Waals surface area contributed by atoms with E-state index in [-0.39, 0.29) is 5.82 Å². The quantitative estimate of drug-likeness (QED) is 0.629. The fourth-order valence-electron chi connectivity index (χ4n) is 1.02. The molecule has 0 aliphatic heterocycles. The molecule has 1 N–H and O–H groups in total. The number of fused-ring (bicyclic) bond motifs is 1. The van der Waals surface area contributed by atoms with E-state index in [0.29, 0.717) is 0 Å². The van der Waals surface area contributed by atoms with Gasteiger partial charge in [-0.2, -0.15) is 0 Å². The van der Waals surface area contributed by atoms with Gasteiger partial charge >= 0.3 is 0 Å². The van der Waals surface area contributed by atoms with E-state index >= 15 is 0 Å². The summed E-state index contributed by atoms with van der Waals surface area (Å²) in [6, 6.07) is 6.52. The average Bonchev–Trinajstić information content (AvgIpc) is 2.54. The predicted octanol–water partition coefficient (Wildman–Crippen LogP) is 3.15. The molecule has 0 atom stereocenters. The lowest BCUT2D eigenvalue weighted by atomic mass is 10.2. The second-order valence-electron chi connectivity index (χ2n) is 2.21. The Morgan fingerprint density at radius 3 is 2.58 bits per heavy atom. The molecule has 0 unspecified atom stereocenters. The lowest BCUT2D eigenvalue weighted by Gasteiger charge is -1.87. The van der Waals surface area contributed by atoms with Gasteiger partial charge in [-0.25, -0.2) is 4.39 Å². The highest BCUT2D eigenvalue weighted by atomic mass is 20.0. The largest absolute Gasteiger partial charge is 0.361 e. The van der Waals surface area contributed by atoms with E-state index in [1.165, 1.54) is 12.1 Å². The van der Waals surface area contributed by atoms with Crippen LogP contribution in [0.5, 0.6) is 0 Å². The Labute approximate surface area is 66.7 Å². The van der Waals surface area contributed by atoms with Gasteiger partial charge < -0.3 is 4.98 Å². The normalized spacial score (nSPS) is 9.25. The second kappa shape index (κ2) is 3.80. The van der Waals surface area contributed by atoms with Crippen molar-refractivity contribution < 1.29 is 13.5 Å². The van der Waals surface area contributed by atoms with Crippen LogP contribution >= 0.6 is 0 Å². The van der Waals surface area contributed by atoms with Crippen LogP contribution in [0.15, 0.2) is 30.5 Å². The van der Waals surface area contributed by atoms with Gasteiger partial charge in [0.2, 0.25) is 0 Å². The van der Waals surface area contributed by atoms with E-state index < -0.39 is 0 Å². The molecule has 1 aromatic carbocycles. The number of rotatable bonds is 0. The van der Waals surface area contributed by atoms with Gasteiger partial charge in [0.15, 0.2) is 0 Å². The van der Waals surface area contributed by atoms with Crippen LogP contribution in [-0.4, -0.2) is 4.98 Å². The third kappa shape index (κ3) is 1.58. The van der Waals surface area contributed by atoms with Crippen molar-refractivity contribution >= 4 is 10.9 Å². The van der Waals surface area contributed by atoms with Crippen molar-refractivity contribution in [3.63, 3.8) is 0 Å². The minimum Gasteiger partial charge on any atom is -0.361 e. The number of hydrogen-bond donors (Lipinski definition) is 1. The molecular weight excluding hydrogens is 167 g/mol. The monoisotopic (exact) mass is 173 g/mol. The molecule has 0 spiro atoms. The smallest absolute Gasteiger partial charge is 0.123 e. The van der Waals surface area contributed by atoms with Crippen molar-refractivity contribution in [3.05, 3.63) is 36.3 Å². The maximum absolute atomic E-state index is 12.5. The first-order valence-corrected chi connectivity index (χ1v) is 3.23. The van der Waals surface area contributed by atoms with Crippen LogP contribution in [0.1, 0.15) is 0 Å². The van der Waals surface area contributed by atoms with E-state index in [0.717, 1.165) is 10.9 Å². The van der Waals surface area contributed by atoms with Crippen molar-refractivity contribution in [2.24, 2.45) is 0 Å². The number of nitrogens with one attached hydrogen (secondary N) is 1. The molecule has 2 aromatic rings. The number of benzene rings is 1. The molecule has 2 rings (SSSR count). The molecule has 0 bridgehead atoms. The van der Waals surface area contributed by atoms with Gasteiger partial charge in [-0.15, -0.1) is 0 Å². The Morgan fingerprint density at radius 1 is 1.08 bits per heavy atom. The number of aromatic nitrogens is 1. The Balaban J connectivity index is 0.000000336. The van der Waals surface area contributed by atoms with Crippen LogP contribution in [0.25, 0.3) is 10.9 Å². The van der Waals surface area contributed by atoms with Gasteiger partial charge in [0, 0.05) is 26.2 Å². The highest BCUT2D eigenvalue weighted by Gasteiger charge is 1.93. The van der Waals surface area contributed by atoms with Crippen molar-refractivity contribution in [2.45, 2.75) is 0 Å². The maximum Gasteiger partial charge on any atom is 0.123 e. The minimum absolute atomic E-state index is 0.188. The first kappa shape index (κ1) is 8.64. The zero-order valence-electron chi connectivity index (χ0n) is 6.02. The molecular formula is C8H6F3N. The van der Waals surface area contributed by atoms with Crippen LogP contribution in [0.2, 0.25) is 0 Å². The summed E-state index contributed by atoms with van der Waals surface area (Å²) in [4.78, 5) is 2.98. The molecule has 0 saturated carbocycles. The molecule has 1 nitrogen and oxygen atoms in total. The van der Waals surface area contributed by atoms with Crippen LogP contribution < -0.4 is 0 Å². The summed E-state index contributed by atoms with van der Waals surface area (Å²) in [5.41, 5.74) is 0.974. The summed E-state index contributed by atoms with van der Waals surface area (Å²) in [6.07, 6.45) is 1.80. The second-order valence-corrected chi connectivity index (χ2v) is 2.21. The Bertz CT molecular complexity index is 356. The van der Waals surface area contributed by atoms with Gasteiger partial charge in [0.05, 0.1) is 0 Å². The van der Waals surface area contributed by atoms with E-state index in [9.17, 15) is 4.39 Å². The number of H-pyrrole nitrogens is 1. The predicted molar refractivity (Wildman–Crippen MR) is 40.5 cm³/mol. The molecule has 0 amide bonds. The number of aromatic amines is 1. The number of hydrogen-bond acceptors (Lipinski definition) is 0. The average molecular weight is 173 g/mol. The highest BCUT2D eigenvalue weighted by molar-refractivity contribution is 5.78. The van der Waals surface area contributed by atoms with Crippen molar-refractivity contribution in [1.82, 2.24) is 4.98 Å². The van der Waals surface area contributed by atoms with Gasteiger partial charge in [-0.3, -0.25) is 0 Å². The van der Waals surface area contributed by atoms with Gasteiger partial charge in [-0.05, 0) is 24.3 Å². The summed E-state index contributed by atoms with van der Waals surface area (Å²) in [5.74, 6) is -0.188.